The molecule has 0 aliphatic carbocycles. The summed E-state index contributed by atoms with van der Waals surface area (Å²) in [5.41, 5.74) is 0. The first-order valence-corrected chi connectivity index (χ1v) is 10.6. The van der Waals surface area contributed by atoms with Gasteiger partial charge < -0.3 is 9.47 Å². The van der Waals surface area contributed by atoms with Gasteiger partial charge in [0.15, 0.2) is 0 Å². The molecule has 0 saturated heterocycles. The molecule has 0 N–H and O–H groups in total. The molecule has 0 aromatic heterocycles. The number of hydrogen-bond donors (Lipinski definition) is 0. The lowest BCUT2D eigenvalue weighted by Gasteiger charge is -2.15. The van der Waals surface area contributed by atoms with Crippen LogP contribution in [0.15, 0.2) is 12.2 Å². The van der Waals surface area contributed by atoms with Gasteiger partial charge in [-0.2, -0.15) is 0 Å². The van der Waals surface area contributed by atoms with E-state index in [1.54, 1.807) is 0 Å². The third-order valence-corrected chi connectivity index (χ3v) is 4.33. The van der Waals surface area contributed by atoms with Crippen molar-refractivity contribution in [2.24, 2.45) is 0 Å². The summed E-state index contributed by atoms with van der Waals surface area (Å²) in [4.78, 5) is 22.4. The van der Waals surface area contributed by atoms with Crippen LogP contribution in [-0.4, -0.2) is 24.6 Å². The van der Waals surface area contributed by atoms with Gasteiger partial charge in [0.05, 0.1) is 6.61 Å². The maximum atomic E-state index is 11.2. The van der Waals surface area contributed by atoms with Crippen LogP contribution < -0.4 is 0 Å². The van der Waals surface area contributed by atoms with Gasteiger partial charge in [0.1, 0.15) is 6.10 Å². The van der Waals surface area contributed by atoms with Crippen LogP contribution in [-0.2, 0) is 19.1 Å². The summed E-state index contributed by atoms with van der Waals surface area (Å²) in [6.07, 6.45) is 18.2. The van der Waals surface area contributed by atoms with Gasteiger partial charge in [0, 0.05) is 19.8 Å². The van der Waals surface area contributed by atoms with E-state index in [0.29, 0.717) is 13.0 Å². The van der Waals surface area contributed by atoms with Crippen molar-refractivity contribution in [1.82, 2.24) is 0 Å². The topological polar surface area (TPSA) is 52.6 Å². The van der Waals surface area contributed by atoms with E-state index >= 15 is 0 Å². The van der Waals surface area contributed by atoms with Gasteiger partial charge in [-0.25, -0.2) is 0 Å². The number of carbonyl (C=O) groups excluding carboxylic acids is 2. The number of rotatable bonds is 17. The highest BCUT2D eigenvalue weighted by molar-refractivity contribution is 5.69. The van der Waals surface area contributed by atoms with Gasteiger partial charge in [-0.15, -0.1) is 0 Å². The molecule has 0 rings (SSSR count). The van der Waals surface area contributed by atoms with Crippen molar-refractivity contribution >= 4 is 11.9 Å². The smallest absolute Gasteiger partial charge is 0.305 e. The number of ether oxygens (including phenoxy) is 2. The van der Waals surface area contributed by atoms with E-state index in [4.69, 9.17) is 9.47 Å². The van der Waals surface area contributed by atoms with Crippen LogP contribution in [0.1, 0.15) is 104 Å². The van der Waals surface area contributed by atoms with Crippen LogP contribution >= 0.6 is 0 Å². The Bertz CT molecular complexity index is 376. The Labute approximate surface area is 160 Å². The summed E-state index contributed by atoms with van der Waals surface area (Å²) in [5, 5.41) is 0. The molecule has 0 unspecified atom stereocenters. The van der Waals surface area contributed by atoms with E-state index in [-0.39, 0.29) is 18.0 Å². The second-order valence-electron chi connectivity index (χ2n) is 6.90. The zero-order chi connectivity index (χ0) is 19.5. The van der Waals surface area contributed by atoms with Crippen molar-refractivity contribution in [3.8, 4) is 0 Å². The van der Waals surface area contributed by atoms with E-state index in [2.05, 4.69) is 19.1 Å². The Morgan fingerprint density at radius 2 is 1.58 bits per heavy atom. The Morgan fingerprint density at radius 3 is 2.27 bits per heavy atom. The second-order valence-corrected chi connectivity index (χ2v) is 6.90. The maximum Gasteiger partial charge on any atom is 0.305 e. The van der Waals surface area contributed by atoms with Gasteiger partial charge >= 0.3 is 11.9 Å². The summed E-state index contributed by atoms with van der Waals surface area (Å²) in [6.45, 7) is 6.01. The number of carbonyl (C=O) groups is 2. The largest absolute Gasteiger partial charge is 0.466 e. The first kappa shape index (κ1) is 24.7. The Hall–Kier alpha value is -1.32. The Kier molecular flexibility index (Phi) is 17.5. The molecular formula is C22H40O4. The third-order valence-electron chi connectivity index (χ3n) is 4.33. The molecule has 1 atom stereocenters. The highest BCUT2D eigenvalue weighted by Crippen LogP contribution is 2.13. The molecule has 0 aliphatic heterocycles. The van der Waals surface area contributed by atoms with E-state index < -0.39 is 0 Å². The van der Waals surface area contributed by atoms with E-state index in [1.807, 2.05) is 6.92 Å². The van der Waals surface area contributed by atoms with Gasteiger partial charge in [-0.1, -0.05) is 57.6 Å². The maximum absolute atomic E-state index is 11.2. The molecule has 152 valence electrons. The molecule has 0 bridgehead atoms. The molecule has 4 nitrogen and oxygen atoms in total. The molecular weight excluding hydrogens is 328 g/mol. The first-order valence-electron chi connectivity index (χ1n) is 10.6. The summed E-state index contributed by atoms with van der Waals surface area (Å²) in [7, 11) is 0. The molecule has 0 spiro atoms. The highest BCUT2D eigenvalue weighted by Gasteiger charge is 2.09. The molecule has 0 fully saturated rings. The average molecular weight is 369 g/mol. The van der Waals surface area contributed by atoms with Gasteiger partial charge in [-0.3, -0.25) is 9.59 Å². The van der Waals surface area contributed by atoms with E-state index in [0.717, 1.165) is 38.5 Å². The standard InChI is InChI=1S/C22H40O4/c1-4-6-7-14-17-21(26-20(3)23)18-15-12-10-8-9-11-13-16-19-22(24)25-5-2/h12,15,21H,4-11,13-14,16-19H2,1-3H3/b15-12-/t21-/m1/s1. The van der Waals surface area contributed by atoms with Gasteiger partial charge in [0.2, 0.25) is 0 Å². The lowest BCUT2D eigenvalue weighted by Crippen LogP contribution is -2.15. The molecule has 26 heavy (non-hydrogen) atoms. The van der Waals surface area contributed by atoms with Crippen LogP contribution in [0.5, 0.6) is 0 Å². The number of hydrogen-bond acceptors (Lipinski definition) is 4. The summed E-state index contributed by atoms with van der Waals surface area (Å²) >= 11 is 0. The van der Waals surface area contributed by atoms with Crippen LogP contribution in [0.3, 0.4) is 0 Å². The molecule has 0 aromatic rings. The minimum Gasteiger partial charge on any atom is -0.466 e. The Balaban J connectivity index is 3.67. The lowest BCUT2D eigenvalue weighted by molar-refractivity contribution is -0.146. The van der Waals surface area contributed by atoms with E-state index in [9.17, 15) is 9.59 Å². The monoisotopic (exact) mass is 368 g/mol. The number of allylic oxidation sites excluding steroid dienone is 1. The van der Waals surface area contributed by atoms with Crippen molar-refractivity contribution in [2.75, 3.05) is 6.61 Å². The quantitative estimate of drug-likeness (QED) is 0.176. The van der Waals surface area contributed by atoms with Crippen molar-refractivity contribution in [1.29, 1.82) is 0 Å². The highest BCUT2D eigenvalue weighted by atomic mass is 16.5. The average Bonchev–Trinajstić information content (AvgIpc) is 2.59. The van der Waals surface area contributed by atoms with Crippen LogP contribution in [0.2, 0.25) is 0 Å². The van der Waals surface area contributed by atoms with Crippen LogP contribution in [0.4, 0.5) is 0 Å². The predicted molar refractivity (Wildman–Crippen MR) is 107 cm³/mol. The van der Waals surface area contributed by atoms with Crippen LogP contribution in [0, 0.1) is 0 Å². The Morgan fingerprint density at radius 1 is 0.885 bits per heavy atom. The molecule has 0 aliphatic rings. The number of unbranched alkanes of at least 4 members (excludes halogenated alkanes) is 8. The van der Waals surface area contributed by atoms with Gasteiger partial charge in [-0.05, 0) is 39.0 Å². The zero-order valence-electron chi connectivity index (χ0n) is 17.3. The van der Waals surface area contributed by atoms with Crippen molar-refractivity contribution in [3.05, 3.63) is 12.2 Å². The van der Waals surface area contributed by atoms with Crippen molar-refractivity contribution in [2.45, 2.75) is 110 Å². The molecule has 0 aromatic carbocycles. The number of esters is 2. The predicted octanol–water partition coefficient (Wildman–Crippen LogP) is 6.13. The molecule has 0 radical (unpaired) electrons. The van der Waals surface area contributed by atoms with Crippen molar-refractivity contribution in [3.63, 3.8) is 0 Å². The summed E-state index contributed by atoms with van der Waals surface area (Å²) in [6, 6.07) is 0. The third kappa shape index (κ3) is 17.5. The fraction of sp³-hybridized carbons (Fsp3) is 0.818. The summed E-state index contributed by atoms with van der Waals surface area (Å²) < 4.78 is 10.3. The van der Waals surface area contributed by atoms with Gasteiger partial charge in [0.25, 0.3) is 0 Å². The lowest BCUT2D eigenvalue weighted by atomic mass is 10.1. The summed E-state index contributed by atoms with van der Waals surface area (Å²) in [5.74, 6) is -0.255. The molecule has 0 amide bonds. The zero-order valence-corrected chi connectivity index (χ0v) is 17.3. The minimum absolute atomic E-state index is 0.0310. The second kappa shape index (κ2) is 18.5. The fourth-order valence-corrected chi connectivity index (χ4v) is 2.92. The SMILES string of the molecule is CCCCCC[C@H](C/C=C\CCCCCCCC(=O)OCC)OC(C)=O. The minimum atomic E-state index is -0.179. The normalized spacial score (nSPS) is 12.3. The first-order chi connectivity index (χ1) is 12.6. The molecule has 0 saturated carbocycles. The fourth-order valence-electron chi connectivity index (χ4n) is 2.92. The molecule has 4 heteroatoms. The van der Waals surface area contributed by atoms with Crippen molar-refractivity contribution < 1.29 is 19.1 Å². The molecule has 0 heterocycles. The van der Waals surface area contributed by atoms with Crippen LogP contribution in [0.25, 0.3) is 0 Å². The van der Waals surface area contributed by atoms with E-state index in [1.165, 1.54) is 45.4 Å².